The van der Waals surface area contributed by atoms with Gasteiger partial charge in [0.2, 0.25) is 5.92 Å². The van der Waals surface area contributed by atoms with E-state index in [1.807, 2.05) is 13.0 Å². The lowest BCUT2D eigenvalue weighted by Gasteiger charge is -2.38. The number of nitrogens with one attached hydrogen (secondary N) is 1. The fourth-order valence-corrected chi connectivity index (χ4v) is 4.51. The minimum atomic E-state index is -2.59. The summed E-state index contributed by atoms with van der Waals surface area (Å²) >= 11 is 0. The van der Waals surface area contributed by atoms with Crippen LogP contribution in [0.2, 0.25) is 0 Å². The van der Waals surface area contributed by atoms with Crippen LogP contribution in [0.5, 0.6) is 0 Å². The molecular weight excluding hydrogens is 368 g/mol. The van der Waals surface area contributed by atoms with Crippen molar-refractivity contribution in [1.29, 1.82) is 0 Å². The van der Waals surface area contributed by atoms with E-state index in [-0.39, 0.29) is 30.7 Å². The smallest absolute Gasteiger partial charge is 0.248 e. The molecule has 3 aliphatic rings. The topological polar surface area (TPSA) is 88.5 Å². The molecule has 2 fully saturated rings. The second kappa shape index (κ2) is 6.37. The molecule has 3 heterocycles. The molecule has 0 radical (unpaired) electrons. The van der Waals surface area contributed by atoms with Crippen molar-refractivity contribution in [3.63, 3.8) is 0 Å². The second-order valence-corrected chi connectivity index (χ2v) is 8.15. The molecule has 0 amide bonds. The lowest BCUT2D eigenvalue weighted by molar-refractivity contribution is -0.0448. The summed E-state index contributed by atoms with van der Waals surface area (Å²) in [6.45, 7) is 1.89. The summed E-state index contributed by atoms with van der Waals surface area (Å²) in [5.74, 6) is -0.0977. The Morgan fingerprint density at radius 3 is 2.61 bits per heavy atom. The summed E-state index contributed by atoms with van der Waals surface area (Å²) < 4.78 is 34.2. The van der Waals surface area contributed by atoms with E-state index in [0.29, 0.717) is 30.1 Å². The van der Waals surface area contributed by atoms with Crippen LogP contribution < -0.4 is 5.32 Å². The number of anilines is 1. The maximum absolute atomic E-state index is 13.5. The van der Waals surface area contributed by atoms with Crippen molar-refractivity contribution in [2.75, 3.05) is 5.32 Å². The van der Waals surface area contributed by atoms with Gasteiger partial charge >= 0.3 is 0 Å². The van der Waals surface area contributed by atoms with Gasteiger partial charge in [0.05, 0.1) is 23.5 Å². The molecule has 5 rings (SSSR count). The first kappa shape index (κ1) is 17.8. The van der Waals surface area contributed by atoms with E-state index in [4.69, 9.17) is 4.52 Å². The first-order valence-electron chi connectivity index (χ1n) is 9.82. The van der Waals surface area contributed by atoms with Crippen molar-refractivity contribution in [1.82, 2.24) is 14.9 Å². The normalized spacial score (nSPS) is 29.6. The molecule has 1 unspecified atom stereocenters. The van der Waals surface area contributed by atoms with Gasteiger partial charge in [0.25, 0.3) is 0 Å². The van der Waals surface area contributed by atoms with Gasteiger partial charge < -0.3 is 14.9 Å². The number of aliphatic imine (C=N–C) groups is 1. The van der Waals surface area contributed by atoms with E-state index < -0.39 is 12.2 Å². The lowest BCUT2D eigenvalue weighted by atomic mass is 9.71. The van der Waals surface area contributed by atoms with E-state index in [2.05, 4.69) is 20.6 Å². The van der Waals surface area contributed by atoms with Gasteiger partial charge in [0, 0.05) is 30.7 Å². The van der Waals surface area contributed by atoms with Gasteiger partial charge in [0.1, 0.15) is 17.4 Å². The number of amidine groups is 1. The molecule has 9 heteroatoms. The van der Waals surface area contributed by atoms with Crippen LogP contribution in [0.3, 0.4) is 0 Å². The van der Waals surface area contributed by atoms with Gasteiger partial charge in [-0.05, 0) is 32.6 Å². The van der Waals surface area contributed by atoms with Crippen LogP contribution in [0, 0.1) is 12.8 Å². The van der Waals surface area contributed by atoms with Crippen molar-refractivity contribution in [3.05, 3.63) is 29.3 Å². The second-order valence-electron chi connectivity index (χ2n) is 8.15. The minimum absolute atomic E-state index is 0.100. The predicted molar refractivity (Wildman–Crippen MR) is 97.4 cm³/mol. The van der Waals surface area contributed by atoms with E-state index >= 15 is 0 Å². The molecule has 1 aliphatic heterocycles. The Bertz CT molecular complexity index is 911. The van der Waals surface area contributed by atoms with Gasteiger partial charge in [-0.25, -0.2) is 18.5 Å². The fourth-order valence-electron chi connectivity index (χ4n) is 4.51. The summed E-state index contributed by atoms with van der Waals surface area (Å²) in [7, 11) is 0. The first-order valence-corrected chi connectivity index (χ1v) is 9.82. The molecule has 2 saturated carbocycles. The predicted octanol–water partition coefficient (Wildman–Crippen LogP) is 3.94. The Balaban J connectivity index is 1.37. The highest BCUT2D eigenvalue weighted by molar-refractivity contribution is 5.99. The summed E-state index contributed by atoms with van der Waals surface area (Å²) in [6.07, 6.45) is 2.96. The average Bonchev–Trinajstić information content (AvgIpc) is 3.21. The van der Waals surface area contributed by atoms with Crippen LogP contribution in [0.1, 0.15) is 73.7 Å². The van der Waals surface area contributed by atoms with Crippen LogP contribution in [-0.4, -0.2) is 31.8 Å². The molecule has 28 heavy (non-hydrogen) atoms. The van der Waals surface area contributed by atoms with Gasteiger partial charge in [-0.15, -0.1) is 0 Å². The molecule has 3 atom stereocenters. The summed E-state index contributed by atoms with van der Waals surface area (Å²) in [6, 6.07) is 1.84. The number of aromatic nitrogens is 3. The SMILES string of the molecule is Cc1cc([C@@H]2CC[C@H]2C2=NC(O)c3cnn(C4CCC(F)(F)CC4)c3N2)on1. The third-order valence-corrected chi connectivity index (χ3v) is 6.28. The maximum atomic E-state index is 13.5. The number of rotatable bonds is 3. The summed E-state index contributed by atoms with van der Waals surface area (Å²) in [5, 5.41) is 22.2. The van der Waals surface area contributed by atoms with E-state index in [1.54, 1.807) is 10.9 Å². The zero-order chi connectivity index (χ0) is 19.5. The number of aliphatic hydroxyl groups is 1. The summed E-state index contributed by atoms with van der Waals surface area (Å²) in [4.78, 5) is 4.44. The van der Waals surface area contributed by atoms with Crippen LogP contribution in [-0.2, 0) is 0 Å². The molecule has 2 N–H and O–H groups in total. The molecule has 0 spiro atoms. The van der Waals surface area contributed by atoms with Crippen molar-refractivity contribution < 1.29 is 18.4 Å². The van der Waals surface area contributed by atoms with Crippen LogP contribution in [0.25, 0.3) is 0 Å². The average molecular weight is 391 g/mol. The van der Waals surface area contributed by atoms with Gasteiger partial charge in [-0.3, -0.25) is 0 Å². The van der Waals surface area contributed by atoms with E-state index in [1.165, 1.54) is 0 Å². The maximum Gasteiger partial charge on any atom is 0.248 e. The van der Waals surface area contributed by atoms with Gasteiger partial charge in [0.15, 0.2) is 6.23 Å². The van der Waals surface area contributed by atoms with Crippen LogP contribution >= 0.6 is 0 Å². The fraction of sp³-hybridized carbons (Fsp3) is 0.632. The molecule has 2 aliphatic carbocycles. The number of alkyl halides is 2. The van der Waals surface area contributed by atoms with E-state index in [0.717, 1.165) is 24.3 Å². The number of nitrogens with zero attached hydrogens (tertiary/aromatic N) is 4. The largest absolute Gasteiger partial charge is 0.368 e. The monoisotopic (exact) mass is 391 g/mol. The third-order valence-electron chi connectivity index (χ3n) is 6.28. The highest BCUT2D eigenvalue weighted by atomic mass is 19.3. The van der Waals surface area contributed by atoms with Crippen LogP contribution in [0.15, 0.2) is 21.8 Å². The lowest BCUT2D eigenvalue weighted by Crippen LogP contribution is -2.38. The molecule has 0 bridgehead atoms. The van der Waals surface area contributed by atoms with Crippen molar-refractivity contribution in [2.24, 2.45) is 10.9 Å². The Morgan fingerprint density at radius 1 is 1.21 bits per heavy atom. The number of aliphatic hydroxyl groups excluding tert-OH is 1. The molecule has 7 nitrogen and oxygen atoms in total. The minimum Gasteiger partial charge on any atom is -0.368 e. The Labute approximate surface area is 160 Å². The van der Waals surface area contributed by atoms with Crippen molar-refractivity contribution >= 4 is 11.7 Å². The standard InChI is InChI=1S/C19H23F2N5O2/c1-10-8-15(28-25-10)12-2-3-13(12)16-23-17-14(18(27)24-16)9-22-26(17)11-4-6-19(20,21)7-5-11/h8-9,11-13,18,27H,2-7H2,1H3,(H,23,24)/t12-,13-,18?/m1/s1. The number of fused-ring (bicyclic) bond motifs is 1. The Kier molecular flexibility index (Phi) is 4.04. The number of hydrogen-bond donors (Lipinski definition) is 2. The molecule has 0 saturated heterocycles. The molecule has 0 aromatic carbocycles. The highest BCUT2D eigenvalue weighted by Gasteiger charge is 2.42. The van der Waals surface area contributed by atoms with Crippen molar-refractivity contribution in [3.8, 4) is 0 Å². The first-order chi connectivity index (χ1) is 13.4. The van der Waals surface area contributed by atoms with Crippen molar-refractivity contribution in [2.45, 2.75) is 69.6 Å². The van der Waals surface area contributed by atoms with Crippen LogP contribution in [0.4, 0.5) is 14.6 Å². The number of halogens is 2. The van der Waals surface area contributed by atoms with E-state index in [9.17, 15) is 13.9 Å². The molecule has 2 aromatic heterocycles. The van der Waals surface area contributed by atoms with Gasteiger partial charge in [-0.2, -0.15) is 5.10 Å². The van der Waals surface area contributed by atoms with Gasteiger partial charge in [-0.1, -0.05) is 5.16 Å². The molecule has 2 aromatic rings. The molecular formula is C19H23F2N5O2. The number of aryl methyl sites for hydroxylation is 1. The highest BCUT2D eigenvalue weighted by Crippen LogP contribution is 2.46. The zero-order valence-electron chi connectivity index (χ0n) is 15.6. The quantitative estimate of drug-likeness (QED) is 0.827. The number of hydrogen-bond acceptors (Lipinski definition) is 6. The zero-order valence-corrected chi connectivity index (χ0v) is 15.6. The Morgan fingerprint density at radius 2 is 1.96 bits per heavy atom. The molecule has 150 valence electrons. The Hall–Kier alpha value is -2.29. The summed E-state index contributed by atoms with van der Waals surface area (Å²) in [5.41, 5.74) is 1.43. The third kappa shape index (κ3) is 2.92.